The van der Waals surface area contributed by atoms with Gasteiger partial charge in [0.1, 0.15) is 0 Å². The van der Waals surface area contributed by atoms with Gasteiger partial charge in [-0.1, -0.05) is 46.5 Å². The zero-order chi connectivity index (χ0) is 17.0. The minimum absolute atomic E-state index is 0.134. The standard InChI is InChI=1S/C18H34O4/c1-6-15(12-10-9-11-14(4)5)16(18(20)22-8-3)13-17(19)21-7-2/h14-16H,6-13H2,1-5H3. The van der Waals surface area contributed by atoms with E-state index in [1.165, 1.54) is 12.8 Å². The molecule has 0 amide bonds. The maximum Gasteiger partial charge on any atom is 0.309 e. The summed E-state index contributed by atoms with van der Waals surface area (Å²) in [5.41, 5.74) is 0. The molecular formula is C18H34O4. The number of esters is 2. The van der Waals surface area contributed by atoms with Gasteiger partial charge in [-0.25, -0.2) is 0 Å². The van der Waals surface area contributed by atoms with Gasteiger partial charge in [-0.3, -0.25) is 9.59 Å². The zero-order valence-electron chi connectivity index (χ0n) is 15.0. The summed E-state index contributed by atoms with van der Waals surface area (Å²) in [6, 6.07) is 0. The Balaban J connectivity index is 4.63. The first kappa shape index (κ1) is 20.9. The van der Waals surface area contributed by atoms with Gasteiger partial charge in [-0.05, 0) is 32.1 Å². The summed E-state index contributed by atoms with van der Waals surface area (Å²) in [5.74, 6) is -0.0356. The van der Waals surface area contributed by atoms with Crippen molar-refractivity contribution in [2.75, 3.05) is 13.2 Å². The Morgan fingerprint density at radius 2 is 1.50 bits per heavy atom. The second-order valence-corrected chi connectivity index (χ2v) is 6.21. The molecule has 0 saturated carbocycles. The third-order valence-corrected chi connectivity index (χ3v) is 3.98. The van der Waals surface area contributed by atoms with Gasteiger partial charge < -0.3 is 9.47 Å². The topological polar surface area (TPSA) is 52.6 Å². The van der Waals surface area contributed by atoms with Crippen LogP contribution in [-0.4, -0.2) is 25.2 Å². The van der Waals surface area contributed by atoms with E-state index in [-0.39, 0.29) is 30.2 Å². The molecule has 0 fully saturated rings. The largest absolute Gasteiger partial charge is 0.466 e. The second-order valence-electron chi connectivity index (χ2n) is 6.21. The molecule has 0 saturated heterocycles. The molecule has 130 valence electrons. The number of carbonyl (C=O) groups is 2. The van der Waals surface area contributed by atoms with Crippen molar-refractivity contribution in [2.45, 2.75) is 73.1 Å². The molecule has 2 unspecified atom stereocenters. The highest BCUT2D eigenvalue weighted by molar-refractivity contribution is 5.80. The van der Waals surface area contributed by atoms with Gasteiger partial charge in [0.15, 0.2) is 0 Å². The number of hydrogen-bond acceptors (Lipinski definition) is 4. The van der Waals surface area contributed by atoms with Crippen molar-refractivity contribution in [3.63, 3.8) is 0 Å². The Morgan fingerprint density at radius 1 is 0.909 bits per heavy atom. The van der Waals surface area contributed by atoms with Crippen LogP contribution >= 0.6 is 0 Å². The Bertz CT molecular complexity index is 312. The molecule has 0 rings (SSSR count). The molecule has 0 bridgehead atoms. The fourth-order valence-electron chi connectivity index (χ4n) is 2.74. The van der Waals surface area contributed by atoms with Crippen molar-refractivity contribution in [2.24, 2.45) is 17.8 Å². The highest BCUT2D eigenvalue weighted by Crippen LogP contribution is 2.27. The van der Waals surface area contributed by atoms with Gasteiger partial charge in [0.05, 0.1) is 25.6 Å². The molecule has 22 heavy (non-hydrogen) atoms. The van der Waals surface area contributed by atoms with Crippen LogP contribution in [0.1, 0.15) is 73.1 Å². The van der Waals surface area contributed by atoms with Crippen LogP contribution in [0, 0.1) is 17.8 Å². The van der Waals surface area contributed by atoms with Crippen molar-refractivity contribution in [1.82, 2.24) is 0 Å². The maximum absolute atomic E-state index is 12.2. The first-order valence-electron chi connectivity index (χ1n) is 8.78. The Labute approximate surface area is 135 Å². The Kier molecular flexibility index (Phi) is 11.9. The Morgan fingerprint density at radius 3 is 2.00 bits per heavy atom. The molecule has 0 spiro atoms. The molecule has 0 aliphatic heterocycles. The summed E-state index contributed by atoms with van der Waals surface area (Å²) in [4.78, 5) is 24.0. The van der Waals surface area contributed by atoms with E-state index in [1.807, 2.05) is 0 Å². The monoisotopic (exact) mass is 314 g/mol. The second kappa shape index (κ2) is 12.5. The van der Waals surface area contributed by atoms with Crippen LogP contribution < -0.4 is 0 Å². The summed E-state index contributed by atoms with van der Waals surface area (Å²) < 4.78 is 10.2. The first-order valence-corrected chi connectivity index (χ1v) is 8.78. The van der Waals surface area contributed by atoms with Crippen LogP contribution in [0.5, 0.6) is 0 Å². The van der Waals surface area contributed by atoms with E-state index in [0.717, 1.165) is 19.3 Å². The van der Waals surface area contributed by atoms with E-state index >= 15 is 0 Å². The highest BCUT2D eigenvalue weighted by Gasteiger charge is 2.30. The number of hydrogen-bond donors (Lipinski definition) is 0. The fourth-order valence-corrected chi connectivity index (χ4v) is 2.74. The van der Waals surface area contributed by atoms with Crippen molar-refractivity contribution >= 4 is 11.9 Å². The third-order valence-electron chi connectivity index (χ3n) is 3.98. The van der Waals surface area contributed by atoms with Gasteiger partial charge >= 0.3 is 11.9 Å². The predicted octanol–water partition coefficient (Wildman–Crippen LogP) is 4.36. The van der Waals surface area contributed by atoms with Gasteiger partial charge in [0.25, 0.3) is 0 Å². The lowest BCUT2D eigenvalue weighted by Gasteiger charge is -2.24. The average molecular weight is 314 g/mol. The lowest BCUT2D eigenvalue weighted by Crippen LogP contribution is -2.29. The van der Waals surface area contributed by atoms with Gasteiger partial charge in [-0.15, -0.1) is 0 Å². The zero-order valence-corrected chi connectivity index (χ0v) is 15.0. The minimum atomic E-state index is -0.372. The van der Waals surface area contributed by atoms with Gasteiger partial charge in [-0.2, -0.15) is 0 Å². The molecule has 2 atom stereocenters. The van der Waals surface area contributed by atoms with Crippen LogP contribution in [0.4, 0.5) is 0 Å². The van der Waals surface area contributed by atoms with E-state index in [2.05, 4.69) is 20.8 Å². The van der Waals surface area contributed by atoms with E-state index < -0.39 is 0 Å². The minimum Gasteiger partial charge on any atom is -0.466 e. The summed E-state index contributed by atoms with van der Waals surface area (Å²) >= 11 is 0. The van der Waals surface area contributed by atoms with Crippen LogP contribution in [0.2, 0.25) is 0 Å². The number of rotatable bonds is 12. The van der Waals surface area contributed by atoms with Crippen LogP contribution in [0.15, 0.2) is 0 Å². The van der Waals surface area contributed by atoms with Crippen molar-refractivity contribution < 1.29 is 19.1 Å². The summed E-state index contributed by atoms with van der Waals surface area (Å²) in [6.45, 7) is 10.8. The highest BCUT2D eigenvalue weighted by atomic mass is 16.5. The molecule has 0 aliphatic carbocycles. The number of carbonyl (C=O) groups excluding carboxylic acids is 2. The lowest BCUT2D eigenvalue weighted by atomic mass is 9.83. The first-order chi connectivity index (χ1) is 10.5. The van der Waals surface area contributed by atoms with Crippen LogP contribution in [-0.2, 0) is 19.1 Å². The molecule has 4 nitrogen and oxygen atoms in total. The van der Waals surface area contributed by atoms with E-state index in [9.17, 15) is 9.59 Å². The van der Waals surface area contributed by atoms with Crippen molar-refractivity contribution in [1.29, 1.82) is 0 Å². The lowest BCUT2D eigenvalue weighted by molar-refractivity contribution is -0.157. The molecule has 0 radical (unpaired) electrons. The molecule has 0 heterocycles. The Hall–Kier alpha value is -1.06. The average Bonchev–Trinajstić information content (AvgIpc) is 2.46. The fraction of sp³-hybridized carbons (Fsp3) is 0.889. The van der Waals surface area contributed by atoms with Crippen molar-refractivity contribution in [3.05, 3.63) is 0 Å². The molecule has 0 aromatic rings. The predicted molar refractivity (Wildman–Crippen MR) is 88.5 cm³/mol. The van der Waals surface area contributed by atoms with E-state index in [0.29, 0.717) is 19.1 Å². The van der Waals surface area contributed by atoms with Gasteiger partial charge in [0, 0.05) is 0 Å². The summed E-state index contributed by atoms with van der Waals surface area (Å²) in [5, 5.41) is 0. The number of unbranched alkanes of at least 4 members (excludes halogenated alkanes) is 1. The maximum atomic E-state index is 12.2. The summed E-state index contributed by atoms with van der Waals surface area (Å²) in [7, 11) is 0. The van der Waals surface area contributed by atoms with Crippen LogP contribution in [0.3, 0.4) is 0 Å². The molecule has 0 aromatic heterocycles. The molecule has 0 aromatic carbocycles. The van der Waals surface area contributed by atoms with E-state index in [1.54, 1.807) is 13.8 Å². The molecule has 0 aliphatic rings. The van der Waals surface area contributed by atoms with E-state index in [4.69, 9.17) is 9.47 Å². The SMILES string of the molecule is CCOC(=O)CC(C(=O)OCC)C(CC)CCCCC(C)C. The van der Waals surface area contributed by atoms with Crippen LogP contribution in [0.25, 0.3) is 0 Å². The molecule has 4 heteroatoms. The third kappa shape index (κ3) is 9.06. The quantitative estimate of drug-likeness (QED) is 0.397. The molecule has 0 N–H and O–H groups in total. The van der Waals surface area contributed by atoms with Gasteiger partial charge in [0.2, 0.25) is 0 Å². The van der Waals surface area contributed by atoms with Crippen molar-refractivity contribution in [3.8, 4) is 0 Å². The normalized spacial score (nSPS) is 13.7. The summed E-state index contributed by atoms with van der Waals surface area (Å²) in [6.07, 6.45) is 5.45. The number of ether oxygens (including phenoxy) is 2. The molecular weight excluding hydrogens is 280 g/mol. The smallest absolute Gasteiger partial charge is 0.309 e.